The maximum atomic E-state index is 9.84. The fraction of sp³-hybridized carbons (Fsp3) is 0. The highest BCUT2D eigenvalue weighted by molar-refractivity contribution is 6.46. The topological polar surface area (TPSA) is 30.1 Å². The summed E-state index contributed by atoms with van der Waals surface area (Å²) in [4.78, 5) is 0. The van der Waals surface area contributed by atoms with Crippen molar-refractivity contribution in [2.45, 2.75) is 0 Å². The van der Waals surface area contributed by atoms with E-state index in [2.05, 4.69) is 112 Å². The van der Waals surface area contributed by atoms with Crippen molar-refractivity contribution in [3.63, 3.8) is 0 Å². The largest absolute Gasteiger partial charge is 0.449 e. The standard InChI is InChI=1S/C30H21BN2O/c34-31-20-15-16-28-24(17-20)26-19-29-25(18-30(26)33(28)22-11-5-2-6-12-22)23-13-7-8-14-27(23)32(29)21-9-3-1-4-10-21/h1-19,31,34H. The highest BCUT2D eigenvalue weighted by Gasteiger charge is 2.18. The second kappa shape index (κ2) is 7.37. The van der Waals surface area contributed by atoms with Crippen LogP contribution in [-0.2, 0) is 0 Å². The molecule has 0 aliphatic carbocycles. The summed E-state index contributed by atoms with van der Waals surface area (Å²) >= 11 is 0. The van der Waals surface area contributed by atoms with Crippen molar-refractivity contribution in [3.05, 3.63) is 115 Å². The van der Waals surface area contributed by atoms with Gasteiger partial charge in [-0.1, -0.05) is 72.2 Å². The molecule has 34 heavy (non-hydrogen) atoms. The first kappa shape index (κ1) is 19.2. The molecule has 3 nitrogen and oxygen atoms in total. The smallest absolute Gasteiger partial charge is 0.304 e. The number of fused-ring (bicyclic) bond motifs is 6. The van der Waals surface area contributed by atoms with Crippen molar-refractivity contribution >= 4 is 56.6 Å². The molecule has 0 bridgehead atoms. The minimum absolute atomic E-state index is 0.0282. The third-order valence-electron chi connectivity index (χ3n) is 6.83. The lowest BCUT2D eigenvalue weighted by atomic mass is 9.88. The Balaban J connectivity index is 1.70. The summed E-state index contributed by atoms with van der Waals surface area (Å²) in [6, 6.07) is 40.6. The molecule has 1 N–H and O–H groups in total. The summed E-state index contributed by atoms with van der Waals surface area (Å²) in [5.74, 6) is 0. The van der Waals surface area contributed by atoms with Crippen LogP contribution in [0.2, 0.25) is 0 Å². The van der Waals surface area contributed by atoms with E-state index in [0.717, 1.165) is 27.7 Å². The number of aromatic nitrogens is 2. The van der Waals surface area contributed by atoms with Gasteiger partial charge in [-0.3, -0.25) is 0 Å². The van der Waals surface area contributed by atoms with Crippen molar-refractivity contribution in [1.29, 1.82) is 0 Å². The van der Waals surface area contributed by atoms with Crippen LogP contribution in [0.25, 0.3) is 55.0 Å². The molecule has 7 aromatic rings. The van der Waals surface area contributed by atoms with E-state index >= 15 is 0 Å². The Morgan fingerprint density at radius 3 is 1.56 bits per heavy atom. The van der Waals surface area contributed by atoms with Crippen molar-refractivity contribution in [2.24, 2.45) is 0 Å². The molecule has 0 aliphatic rings. The molecule has 0 atom stereocenters. The lowest BCUT2D eigenvalue weighted by Crippen LogP contribution is -2.12. The van der Waals surface area contributed by atoms with E-state index in [1.807, 2.05) is 12.1 Å². The van der Waals surface area contributed by atoms with Crippen molar-refractivity contribution in [3.8, 4) is 11.4 Å². The Labute approximate surface area is 197 Å². The van der Waals surface area contributed by atoms with Gasteiger partial charge in [-0.2, -0.15) is 0 Å². The number of nitrogens with zero attached hydrogens (tertiary/aromatic N) is 2. The van der Waals surface area contributed by atoms with Crippen LogP contribution < -0.4 is 5.46 Å². The van der Waals surface area contributed by atoms with Crippen molar-refractivity contribution in [1.82, 2.24) is 9.13 Å². The van der Waals surface area contributed by atoms with Gasteiger partial charge in [0.25, 0.3) is 0 Å². The van der Waals surface area contributed by atoms with Gasteiger partial charge in [0.05, 0.1) is 22.1 Å². The van der Waals surface area contributed by atoms with Gasteiger partial charge in [0.15, 0.2) is 0 Å². The van der Waals surface area contributed by atoms with Gasteiger partial charge in [0.1, 0.15) is 0 Å². The average molecular weight is 436 g/mol. The number of rotatable bonds is 3. The van der Waals surface area contributed by atoms with Crippen LogP contribution in [0.1, 0.15) is 0 Å². The third kappa shape index (κ3) is 2.69. The Bertz CT molecular complexity index is 1830. The quantitative estimate of drug-likeness (QED) is 0.346. The molecular weight excluding hydrogens is 415 g/mol. The Morgan fingerprint density at radius 2 is 0.941 bits per heavy atom. The molecular formula is C30H21BN2O. The first-order valence-corrected chi connectivity index (χ1v) is 11.6. The normalized spacial score (nSPS) is 11.7. The minimum Gasteiger partial charge on any atom is -0.449 e. The predicted molar refractivity (Wildman–Crippen MR) is 144 cm³/mol. The predicted octanol–water partition coefficient (Wildman–Crippen LogP) is 5.85. The second-order valence-corrected chi connectivity index (χ2v) is 8.76. The molecule has 4 heteroatoms. The highest BCUT2D eigenvalue weighted by Crippen LogP contribution is 2.39. The molecule has 0 aliphatic heterocycles. The Kier molecular flexibility index (Phi) is 4.17. The fourth-order valence-corrected chi connectivity index (χ4v) is 5.34. The zero-order valence-electron chi connectivity index (χ0n) is 18.5. The molecule has 2 aromatic heterocycles. The van der Waals surface area contributed by atoms with Gasteiger partial charge in [-0.15, -0.1) is 0 Å². The van der Waals surface area contributed by atoms with E-state index in [9.17, 15) is 5.02 Å². The second-order valence-electron chi connectivity index (χ2n) is 8.76. The van der Waals surface area contributed by atoms with E-state index in [-0.39, 0.29) is 7.48 Å². The molecule has 0 saturated heterocycles. The monoisotopic (exact) mass is 436 g/mol. The zero-order valence-corrected chi connectivity index (χ0v) is 18.5. The summed E-state index contributed by atoms with van der Waals surface area (Å²) in [5, 5.41) is 14.6. The molecule has 0 unspecified atom stereocenters. The van der Waals surface area contributed by atoms with Crippen molar-refractivity contribution < 1.29 is 5.02 Å². The molecule has 0 radical (unpaired) electrons. The molecule has 0 spiro atoms. The van der Waals surface area contributed by atoms with E-state index in [0.29, 0.717) is 0 Å². The summed E-state index contributed by atoms with van der Waals surface area (Å²) in [6.07, 6.45) is 0. The zero-order chi connectivity index (χ0) is 22.6. The van der Waals surface area contributed by atoms with Crippen LogP contribution in [0.4, 0.5) is 0 Å². The minimum atomic E-state index is 0.0282. The summed E-state index contributed by atoms with van der Waals surface area (Å²) in [5.41, 5.74) is 7.88. The van der Waals surface area contributed by atoms with Gasteiger partial charge >= 0.3 is 7.48 Å². The lowest BCUT2D eigenvalue weighted by Gasteiger charge is -2.09. The van der Waals surface area contributed by atoms with E-state index in [4.69, 9.17) is 0 Å². The molecule has 0 amide bonds. The molecule has 0 fully saturated rings. The fourth-order valence-electron chi connectivity index (χ4n) is 5.34. The molecule has 160 valence electrons. The van der Waals surface area contributed by atoms with Crippen LogP contribution in [0, 0.1) is 0 Å². The van der Waals surface area contributed by atoms with Crippen molar-refractivity contribution in [2.75, 3.05) is 0 Å². The first-order chi connectivity index (χ1) is 16.8. The molecule has 5 aromatic carbocycles. The Morgan fingerprint density at radius 1 is 0.441 bits per heavy atom. The van der Waals surface area contributed by atoms with Gasteiger partial charge in [0, 0.05) is 32.9 Å². The van der Waals surface area contributed by atoms with E-state index < -0.39 is 0 Å². The molecule has 2 heterocycles. The number of hydrogen-bond acceptors (Lipinski definition) is 1. The van der Waals surface area contributed by atoms with E-state index in [1.54, 1.807) is 0 Å². The van der Waals surface area contributed by atoms with Gasteiger partial charge < -0.3 is 14.2 Å². The maximum absolute atomic E-state index is 9.84. The van der Waals surface area contributed by atoms with Gasteiger partial charge in [-0.25, -0.2) is 0 Å². The summed E-state index contributed by atoms with van der Waals surface area (Å²) < 4.78 is 4.69. The number of hydrogen-bond donors (Lipinski definition) is 1. The van der Waals surface area contributed by atoms with Crippen LogP contribution in [0.5, 0.6) is 0 Å². The SMILES string of the molecule is OBc1ccc2c(c1)c1cc3c(cc1n2-c1ccccc1)c1ccccc1n3-c1ccccc1. The average Bonchev–Trinajstić information content (AvgIpc) is 3.40. The summed E-state index contributed by atoms with van der Waals surface area (Å²) in [6.45, 7) is 0. The Hall–Kier alpha value is -4.28. The van der Waals surface area contributed by atoms with Crippen LogP contribution >= 0.6 is 0 Å². The lowest BCUT2D eigenvalue weighted by molar-refractivity contribution is 0.615. The third-order valence-corrected chi connectivity index (χ3v) is 6.83. The summed E-state index contributed by atoms with van der Waals surface area (Å²) in [7, 11) is 0.0282. The van der Waals surface area contributed by atoms with Gasteiger partial charge in [0.2, 0.25) is 0 Å². The first-order valence-electron chi connectivity index (χ1n) is 11.6. The van der Waals surface area contributed by atoms with E-state index in [1.165, 1.54) is 32.7 Å². The highest BCUT2D eigenvalue weighted by atomic mass is 16.2. The van der Waals surface area contributed by atoms with Crippen LogP contribution in [0.15, 0.2) is 115 Å². The molecule has 7 rings (SSSR count). The number of benzene rings is 5. The number of para-hydroxylation sites is 3. The van der Waals surface area contributed by atoms with Crippen LogP contribution in [0.3, 0.4) is 0 Å². The molecule has 0 saturated carbocycles. The maximum Gasteiger partial charge on any atom is 0.304 e. The van der Waals surface area contributed by atoms with Crippen LogP contribution in [-0.4, -0.2) is 21.6 Å². The van der Waals surface area contributed by atoms with Gasteiger partial charge in [-0.05, 0) is 48.5 Å².